The van der Waals surface area contributed by atoms with E-state index in [0.717, 1.165) is 46.7 Å². The normalized spacial score (nSPS) is 18.0. The highest BCUT2D eigenvalue weighted by molar-refractivity contribution is 5.95. The first-order valence-corrected chi connectivity index (χ1v) is 14.1. The fourth-order valence-electron chi connectivity index (χ4n) is 5.93. The van der Waals surface area contributed by atoms with Crippen LogP contribution in [0.1, 0.15) is 28.3 Å². The third-order valence-electron chi connectivity index (χ3n) is 8.09. The van der Waals surface area contributed by atoms with Crippen LogP contribution in [0.3, 0.4) is 0 Å². The highest BCUT2D eigenvalue weighted by Gasteiger charge is 2.38. The minimum atomic E-state index is -0.245. The second-order valence-corrected chi connectivity index (χ2v) is 10.8. The lowest BCUT2D eigenvalue weighted by Gasteiger charge is -2.20. The van der Waals surface area contributed by atoms with Crippen molar-refractivity contribution in [2.75, 3.05) is 32.1 Å². The molecule has 4 aromatic rings. The van der Waals surface area contributed by atoms with E-state index in [0.29, 0.717) is 25.4 Å². The zero-order chi connectivity index (χ0) is 28.2. The molecule has 2 N–H and O–H groups in total. The first-order chi connectivity index (χ1) is 20.1. The van der Waals surface area contributed by atoms with Gasteiger partial charge in [-0.05, 0) is 64.2 Å². The molecule has 3 aromatic carbocycles. The van der Waals surface area contributed by atoms with Gasteiger partial charge in [0.25, 0.3) is 0 Å². The van der Waals surface area contributed by atoms with Gasteiger partial charge in [-0.25, -0.2) is 0 Å². The SMILES string of the molecule is CNC(=O)Cc1cc(-c2ccc3c(c2)CCO3)ccc1NC(=O)[C@H]1CN(Cc2ccccn2)C[C@@H]1c1ccccc1. The fraction of sp³-hybridized carbons (Fsp3) is 0.265. The van der Waals surface area contributed by atoms with E-state index in [1.165, 1.54) is 5.56 Å². The van der Waals surface area contributed by atoms with Crippen LogP contribution in [0.2, 0.25) is 0 Å². The van der Waals surface area contributed by atoms with Crippen LogP contribution in [0.15, 0.2) is 91.1 Å². The lowest BCUT2D eigenvalue weighted by molar-refractivity contribution is -0.121. The van der Waals surface area contributed by atoms with Crippen LogP contribution in [0.4, 0.5) is 5.69 Å². The van der Waals surface area contributed by atoms with Crippen LogP contribution >= 0.6 is 0 Å². The van der Waals surface area contributed by atoms with Gasteiger partial charge in [-0.2, -0.15) is 0 Å². The predicted molar refractivity (Wildman–Crippen MR) is 160 cm³/mol. The van der Waals surface area contributed by atoms with Crippen molar-refractivity contribution in [1.82, 2.24) is 15.2 Å². The number of likely N-dealkylation sites (N-methyl/N-ethyl adjacent to an activating group) is 1. The van der Waals surface area contributed by atoms with E-state index in [-0.39, 0.29) is 30.1 Å². The molecule has 0 unspecified atom stereocenters. The van der Waals surface area contributed by atoms with E-state index in [4.69, 9.17) is 4.74 Å². The van der Waals surface area contributed by atoms with Crippen LogP contribution in [-0.2, 0) is 29.0 Å². The third kappa shape index (κ3) is 6.00. The van der Waals surface area contributed by atoms with E-state index in [9.17, 15) is 9.59 Å². The van der Waals surface area contributed by atoms with Gasteiger partial charge in [0, 0.05) is 50.9 Å². The molecule has 1 fully saturated rings. The van der Waals surface area contributed by atoms with Gasteiger partial charge in [0.15, 0.2) is 0 Å². The number of hydrogen-bond donors (Lipinski definition) is 2. The average Bonchev–Trinajstić information content (AvgIpc) is 3.66. The van der Waals surface area contributed by atoms with Gasteiger partial charge in [0.05, 0.1) is 24.6 Å². The summed E-state index contributed by atoms with van der Waals surface area (Å²) in [4.78, 5) is 33.2. The standard InChI is InChI=1S/C34H34N4O3/c1-35-33(39)19-27-18-24(25-11-13-32-26(17-25)14-16-41-32)10-12-31(27)37-34(40)30-22-38(20-28-9-5-6-15-36-28)21-29(30)23-7-3-2-4-8-23/h2-13,15,17-18,29-30H,14,16,19-22H2,1H3,(H,35,39)(H,37,40)/t29-,30+/m1/s1. The van der Waals surface area contributed by atoms with Gasteiger partial charge in [0.2, 0.25) is 11.8 Å². The Hall–Kier alpha value is -4.49. The first-order valence-electron chi connectivity index (χ1n) is 14.1. The molecule has 1 aromatic heterocycles. The Kier molecular flexibility index (Phi) is 7.78. The average molecular weight is 547 g/mol. The van der Waals surface area contributed by atoms with Crippen molar-refractivity contribution >= 4 is 17.5 Å². The van der Waals surface area contributed by atoms with Crippen molar-refractivity contribution in [3.05, 3.63) is 114 Å². The molecule has 0 radical (unpaired) electrons. The number of hydrogen-bond acceptors (Lipinski definition) is 5. The fourth-order valence-corrected chi connectivity index (χ4v) is 5.93. The van der Waals surface area contributed by atoms with Gasteiger partial charge in [-0.3, -0.25) is 19.5 Å². The Morgan fingerprint density at radius 3 is 2.56 bits per heavy atom. The van der Waals surface area contributed by atoms with Gasteiger partial charge in [0.1, 0.15) is 5.75 Å². The second-order valence-electron chi connectivity index (χ2n) is 10.8. The number of amides is 2. The van der Waals surface area contributed by atoms with E-state index >= 15 is 0 Å². The highest BCUT2D eigenvalue weighted by Crippen LogP contribution is 2.36. The Morgan fingerprint density at radius 1 is 0.951 bits per heavy atom. The maximum absolute atomic E-state index is 13.9. The third-order valence-corrected chi connectivity index (χ3v) is 8.09. The van der Waals surface area contributed by atoms with Crippen molar-refractivity contribution in [2.45, 2.75) is 25.3 Å². The molecule has 7 nitrogen and oxygen atoms in total. The summed E-state index contributed by atoms with van der Waals surface area (Å²) in [7, 11) is 1.63. The quantitative estimate of drug-likeness (QED) is 0.331. The summed E-state index contributed by atoms with van der Waals surface area (Å²) in [5.41, 5.74) is 6.85. The van der Waals surface area contributed by atoms with Crippen LogP contribution in [-0.4, -0.2) is 48.4 Å². The summed E-state index contributed by atoms with van der Waals surface area (Å²) >= 11 is 0. The van der Waals surface area contributed by atoms with Gasteiger partial charge in [-0.1, -0.05) is 48.5 Å². The number of aromatic nitrogens is 1. The zero-order valence-corrected chi connectivity index (χ0v) is 23.2. The molecule has 3 heterocycles. The van der Waals surface area contributed by atoms with Crippen LogP contribution < -0.4 is 15.4 Å². The van der Waals surface area contributed by atoms with E-state index < -0.39 is 0 Å². The first kappa shape index (κ1) is 26.7. The minimum Gasteiger partial charge on any atom is -0.493 e. The summed E-state index contributed by atoms with van der Waals surface area (Å²) in [5.74, 6) is 0.595. The number of ether oxygens (including phenoxy) is 1. The molecule has 6 rings (SSSR count). The molecule has 0 aliphatic carbocycles. The summed E-state index contributed by atoms with van der Waals surface area (Å²) in [6.07, 6.45) is 2.87. The summed E-state index contributed by atoms with van der Waals surface area (Å²) in [5, 5.41) is 5.92. The van der Waals surface area contributed by atoms with Gasteiger partial charge in [-0.15, -0.1) is 0 Å². The Balaban J connectivity index is 1.26. The molecule has 2 amide bonds. The number of nitrogens with zero attached hydrogens (tertiary/aromatic N) is 2. The number of benzene rings is 3. The number of carbonyl (C=O) groups is 2. The summed E-state index contributed by atoms with van der Waals surface area (Å²) < 4.78 is 5.67. The molecule has 7 heteroatoms. The molecule has 208 valence electrons. The van der Waals surface area contributed by atoms with E-state index in [2.05, 4.69) is 38.7 Å². The topological polar surface area (TPSA) is 83.6 Å². The number of nitrogens with one attached hydrogen (secondary N) is 2. The molecule has 0 bridgehead atoms. The lowest BCUT2D eigenvalue weighted by Crippen LogP contribution is -2.29. The number of rotatable bonds is 8. The van der Waals surface area contributed by atoms with Crippen LogP contribution in [0, 0.1) is 5.92 Å². The summed E-state index contributed by atoms with van der Waals surface area (Å²) in [6, 6.07) is 28.3. The maximum Gasteiger partial charge on any atom is 0.229 e. The Bertz CT molecular complexity index is 1540. The molecule has 2 aliphatic heterocycles. The monoisotopic (exact) mass is 546 g/mol. The van der Waals surface area contributed by atoms with Gasteiger partial charge < -0.3 is 15.4 Å². The maximum atomic E-state index is 13.9. The molecule has 0 saturated carbocycles. The van der Waals surface area contributed by atoms with Crippen molar-refractivity contribution in [2.24, 2.45) is 5.92 Å². The van der Waals surface area contributed by atoms with E-state index in [1.807, 2.05) is 66.7 Å². The van der Waals surface area contributed by atoms with Crippen molar-refractivity contribution in [1.29, 1.82) is 0 Å². The molecule has 41 heavy (non-hydrogen) atoms. The van der Waals surface area contributed by atoms with E-state index in [1.54, 1.807) is 13.2 Å². The Labute approximate surface area is 240 Å². The molecule has 2 atom stereocenters. The van der Waals surface area contributed by atoms with Crippen molar-refractivity contribution in [3.8, 4) is 16.9 Å². The smallest absolute Gasteiger partial charge is 0.229 e. The molecule has 2 aliphatic rings. The van der Waals surface area contributed by atoms with Crippen LogP contribution in [0.25, 0.3) is 11.1 Å². The lowest BCUT2D eigenvalue weighted by atomic mass is 9.88. The molecular weight excluding hydrogens is 512 g/mol. The number of anilines is 1. The number of fused-ring (bicyclic) bond motifs is 1. The minimum absolute atomic E-state index is 0.0389. The predicted octanol–water partition coefficient (Wildman–Crippen LogP) is 4.83. The summed E-state index contributed by atoms with van der Waals surface area (Å²) in [6.45, 7) is 2.79. The highest BCUT2D eigenvalue weighted by atomic mass is 16.5. The zero-order valence-electron chi connectivity index (χ0n) is 23.2. The van der Waals surface area contributed by atoms with Gasteiger partial charge >= 0.3 is 0 Å². The van der Waals surface area contributed by atoms with Crippen LogP contribution in [0.5, 0.6) is 5.75 Å². The second kappa shape index (κ2) is 11.9. The Morgan fingerprint density at radius 2 is 1.76 bits per heavy atom. The molecule has 0 spiro atoms. The van der Waals surface area contributed by atoms with Crippen molar-refractivity contribution < 1.29 is 14.3 Å². The number of pyridine rings is 1. The molecule has 1 saturated heterocycles. The number of likely N-dealkylation sites (tertiary alicyclic amines) is 1. The largest absolute Gasteiger partial charge is 0.493 e. The van der Waals surface area contributed by atoms with Crippen molar-refractivity contribution in [3.63, 3.8) is 0 Å². The number of carbonyl (C=O) groups excluding carboxylic acids is 2. The molecular formula is C34H34N4O3.